The lowest BCUT2D eigenvalue weighted by Gasteiger charge is -2.45. The summed E-state index contributed by atoms with van der Waals surface area (Å²) in [5, 5.41) is 3.77. The molecule has 0 unspecified atom stereocenters. The molecule has 0 aliphatic heterocycles. The van der Waals surface area contributed by atoms with Gasteiger partial charge in [-0.1, -0.05) is 27.7 Å². The van der Waals surface area contributed by atoms with E-state index in [9.17, 15) is 0 Å². The summed E-state index contributed by atoms with van der Waals surface area (Å²) in [5.74, 6) is 0.963. The first-order valence-electron chi connectivity index (χ1n) is 8.21. The second-order valence-electron chi connectivity index (χ2n) is 8.16. The highest BCUT2D eigenvalue weighted by atomic mass is 16.5. The van der Waals surface area contributed by atoms with E-state index in [1.165, 1.54) is 30.5 Å². The van der Waals surface area contributed by atoms with Crippen LogP contribution in [0.25, 0.3) is 0 Å². The van der Waals surface area contributed by atoms with E-state index in [-0.39, 0.29) is 0 Å². The van der Waals surface area contributed by atoms with Gasteiger partial charge in [0, 0.05) is 11.7 Å². The van der Waals surface area contributed by atoms with Crippen molar-refractivity contribution in [3.05, 3.63) is 23.8 Å². The number of rotatable bonds is 4. The third kappa shape index (κ3) is 4.39. The molecule has 0 saturated heterocycles. The van der Waals surface area contributed by atoms with E-state index in [1.54, 1.807) is 0 Å². The Morgan fingerprint density at radius 3 is 2.29 bits per heavy atom. The van der Waals surface area contributed by atoms with E-state index in [1.807, 2.05) is 6.92 Å². The predicted molar refractivity (Wildman–Crippen MR) is 91.2 cm³/mol. The fraction of sp³-hybridized carbons (Fsp3) is 0.684. The van der Waals surface area contributed by atoms with Gasteiger partial charge in [0.05, 0.1) is 6.61 Å². The summed E-state index contributed by atoms with van der Waals surface area (Å²) in [7, 11) is 0. The van der Waals surface area contributed by atoms with E-state index < -0.39 is 0 Å². The maximum atomic E-state index is 5.57. The predicted octanol–water partition coefficient (Wildman–Crippen LogP) is 5.41. The summed E-state index contributed by atoms with van der Waals surface area (Å²) >= 11 is 0. The molecule has 1 saturated carbocycles. The second-order valence-corrected chi connectivity index (χ2v) is 8.16. The van der Waals surface area contributed by atoms with Crippen LogP contribution in [0.5, 0.6) is 5.75 Å². The van der Waals surface area contributed by atoms with Gasteiger partial charge in [0.2, 0.25) is 0 Å². The van der Waals surface area contributed by atoms with Crippen LogP contribution in [-0.4, -0.2) is 12.6 Å². The lowest BCUT2D eigenvalue weighted by molar-refractivity contribution is 0.105. The second kappa shape index (κ2) is 5.90. The molecule has 2 rings (SSSR count). The monoisotopic (exact) mass is 289 g/mol. The summed E-state index contributed by atoms with van der Waals surface area (Å²) in [6, 6.07) is 6.91. The Bertz CT molecular complexity index is 474. The van der Waals surface area contributed by atoms with Crippen molar-refractivity contribution in [2.75, 3.05) is 11.9 Å². The molecule has 0 radical (unpaired) electrons. The molecule has 2 nitrogen and oxygen atoms in total. The van der Waals surface area contributed by atoms with Crippen LogP contribution in [0, 0.1) is 17.8 Å². The molecule has 2 heteroatoms. The number of aryl methyl sites for hydroxylation is 1. The van der Waals surface area contributed by atoms with E-state index in [0.29, 0.717) is 16.9 Å². The van der Waals surface area contributed by atoms with Gasteiger partial charge in [-0.05, 0) is 67.7 Å². The van der Waals surface area contributed by atoms with Gasteiger partial charge in [0.25, 0.3) is 0 Å². The fourth-order valence-electron chi connectivity index (χ4n) is 4.22. The lowest BCUT2D eigenvalue weighted by Crippen LogP contribution is -2.40. The first-order chi connectivity index (χ1) is 9.71. The summed E-state index contributed by atoms with van der Waals surface area (Å²) < 4.78 is 5.57. The van der Waals surface area contributed by atoms with Crippen molar-refractivity contribution in [1.82, 2.24) is 0 Å². The number of anilines is 1. The minimum absolute atomic E-state index is 0.415. The molecule has 118 valence electrons. The molecule has 0 spiro atoms. The average Bonchev–Trinajstić information content (AvgIpc) is 2.29. The third-order valence-electron chi connectivity index (χ3n) is 4.42. The quantitative estimate of drug-likeness (QED) is 0.800. The van der Waals surface area contributed by atoms with Crippen LogP contribution in [0.1, 0.15) is 59.4 Å². The number of ether oxygens (including phenoxy) is 1. The molecule has 1 aliphatic carbocycles. The highest BCUT2D eigenvalue weighted by Crippen LogP contribution is 2.46. The van der Waals surface area contributed by atoms with Crippen molar-refractivity contribution in [1.29, 1.82) is 0 Å². The zero-order valence-electron chi connectivity index (χ0n) is 14.5. The summed E-state index contributed by atoms with van der Waals surface area (Å²) in [5.41, 5.74) is 3.34. The zero-order chi connectivity index (χ0) is 15.7. The number of hydrogen-bond acceptors (Lipinski definition) is 2. The standard InChI is InChI=1S/C19H31NO/c1-7-21-16-8-9-17(14(2)10-16)20-15-11-18(3,4)13-19(5,6)12-15/h8-10,15,20H,7,11-13H2,1-6H3. The molecular weight excluding hydrogens is 258 g/mol. The van der Waals surface area contributed by atoms with Crippen LogP contribution in [0.3, 0.4) is 0 Å². The maximum absolute atomic E-state index is 5.57. The van der Waals surface area contributed by atoms with E-state index in [4.69, 9.17) is 4.74 Å². The van der Waals surface area contributed by atoms with E-state index >= 15 is 0 Å². The highest BCUT2D eigenvalue weighted by molar-refractivity contribution is 5.54. The van der Waals surface area contributed by atoms with Crippen molar-refractivity contribution in [3.8, 4) is 5.75 Å². The number of hydrogen-bond donors (Lipinski definition) is 1. The minimum Gasteiger partial charge on any atom is -0.494 e. The highest BCUT2D eigenvalue weighted by Gasteiger charge is 2.38. The largest absolute Gasteiger partial charge is 0.494 e. The van der Waals surface area contributed by atoms with Crippen LogP contribution < -0.4 is 10.1 Å². The Labute approximate surface area is 130 Å². The van der Waals surface area contributed by atoms with E-state index in [0.717, 1.165) is 12.4 Å². The van der Waals surface area contributed by atoms with Crippen LogP contribution in [0.15, 0.2) is 18.2 Å². The third-order valence-corrected chi connectivity index (χ3v) is 4.42. The molecule has 1 fully saturated rings. The van der Waals surface area contributed by atoms with Crippen molar-refractivity contribution in [3.63, 3.8) is 0 Å². The average molecular weight is 289 g/mol. The Morgan fingerprint density at radius 2 is 1.76 bits per heavy atom. The van der Waals surface area contributed by atoms with Gasteiger partial charge < -0.3 is 10.1 Å². The van der Waals surface area contributed by atoms with Gasteiger partial charge in [-0.25, -0.2) is 0 Å². The number of benzene rings is 1. The first kappa shape index (κ1) is 16.2. The van der Waals surface area contributed by atoms with Gasteiger partial charge >= 0.3 is 0 Å². The van der Waals surface area contributed by atoms with Gasteiger partial charge in [-0.15, -0.1) is 0 Å². The maximum Gasteiger partial charge on any atom is 0.119 e. The van der Waals surface area contributed by atoms with Crippen molar-refractivity contribution < 1.29 is 4.74 Å². The molecule has 1 aliphatic rings. The minimum atomic E-state index is 0.415. The Morgan fingerprint density at radius 1 is 1.14 bits per heavy atom. The van der Waals surface area contributed by atoms with Gasteiger partial charge in [0.15, 0.2) is 0 Å². The SMILES string of the molecule is CCOc1ccc(NC2CC(C)(C)CC(C)(C)C2)c(C)c1. The molecule has 0 aromatic heterocycles. The van der Waals surface area contributed by atoms with Crippen LogP contribution in [-0.2, 0) is 0 Å². The van der Waals surface area contributed by atoms with Gasteiger partial charge in [0.1, 0.15) is 5.75 Å². The van der Waals surface area contributed by atoms with E-state index in [2.05, 4.69) is 58.1 Å². The topological polar surface area (TPSA) is 21.3 Å². The van der Waals surface area contributed by atoms with Crippen LogP contribution in [0.2, 0.25) is 0 Å². The van der Waals surface area contributed by atoms with Gasteiger partial charge in [-0.2, -0.15) is 0 Å². The first-order valence-corrected chi connectivity index (χ1v) is 8.21. The Hall–Kier alpha value is -1.18. The Balaban J connectivity index is 2.10. The van der Waals surface area contributed by atoms with Crippen LogP contribution in [0.4, 0.5) is 5.69 Å². The molecule has 1 aromatic rings. The van der Waals surface area contributed by atoms with Gasteiger partial charge in [-0.3, -0.25) is 0 Å². The molecule has 0 heterocycles. The molecule has 1 N–H and O–H groups in total. The van der Waals surface area contributed by atoms with Crippen molar-refractivity contribution in [2.45, 2.75) is 66.8 Å². The van der Waals surface area contributed by atoms with Crippen LogP contribution >= 0.6 is 0 Å². The Kier molecular flexibility index (Phi) is 4.55. The molecule has 1 aromatic carbocycles. The lowest BCUT2D eigenvalue weighted by atomic mass is 9.63. The summed E-state index contributed by atoms with van der Waals surface area (Å²) in [4.78, 5) is 0. The molecule has 0 amide bonds. The summed E-state index contributed by atoms with van der Waals surface area (Å²) in [6.45, 7) is 14.5. The molecule has 0 atom stereocenters. The zero-order valence-corrected chi connectivity index (χ0v) is 14.5. The molecular formula is C19H31NO. The number of nitrogens with one attached hydrogen (secondary N) is 1. The smallest absolute Gasteiger partial charge is 0.119 e. The summed E-state index contributed by atoms with van der Waals surface area (Å²) in [6.07, 6.45) is 3.78. The van der Waals surface area contributed by atoms with Crippen molar-refractivity contribution in [2.24, 2.45) is 10.8 Å². The normalized spacial score (nSPS) is 21.0. The molecule has 0 bridgehead atoms. The van der Waals surface area contributed by atoms with Crippen molar-refractivity contribution >= 4 is 5.69 Å². The fourth-order valence-corrected chi connectivity index (χ4v) is 4.22. The molecule has 21 heavy (non-hydrogen) atoms.